The second-order valence-corrected chi connectivity index (χ2v) is 8.76. The van der Waals surface area contributed by atoms with Crippen molar-refractivity contribution in [3.63, 3.8) is 0 Å². The van der Waals surface area contributed by atoms with Crippen LogP contribution in [0.2, 0.25) is 10.2 Å². The van der Waals surface area contributed by atoms with Gasteiger partial charge < -0.3 is 0 Å². The summed E-state index contributed by atoms with van der Waals surface area (Å²) in [5.74, 6) is -0.333. The van der Waals surface area contributed by atoms with E-state index in [1.54, 1.807) is 22.7 Å². The van der Waals surface area contributed by atoms with Gasteiger partial charge in [-0.1, -0.05) is 46.7 Å². The number of amides is 1. The molecular formula is C17H9Cl2N3OS3. The summed E-state index contributed by atoms with van der Waals surface area (Å²) in [5, 5.41) is 7.77. The molecule has 4 nitrogen and oxygen atoms in total. The summed E-state index contributed by atoms with van der Waals surface area (Å²) in [4.78, 5) is 24.2. The van der Waals surface area contributed by atoms with Gasteiger partial charge in [0.1, 0.15) is 10.8 Å². The number of pyridine rings is 1. The Morgan fingerprint density at radius 3 is 2.46 bits per heavy atom. The van der Waals surface area contributed by atoms with Gasteiger partial charge in [0.15, 0.2) is 5.13 Å². The second-order valence-electron chi connectivity index (χ2n) is 5.10. The van der Waals surface area contributed by atoms with Crippen LogP contribution in [0.5, 0.6) is 0 Å². The summed E-state index contributed by atoms with van der Waals surface area (Å²) in [6, 6.07) is 9.53. The summed E-state index contributed by atoms with van der Waals surface area (Å²) in [6.07, 6.45) is 1.39. The van der Waals surface area contributed by atoms with Gasteiger partial charge in [-0.3, -0.25) is 10.1 Å². The predicted molar refractivity (Wildman–Crippen MR) is 111 cm³/mol. The van der Waals surface area contributed by atoms with E-state index in [2.05, 4.69) is 15.3 Å². The number of thiazole rings is 1. The lowest BCUT2D eigenvalue weighted by Gasteiger charge is -2.02. The molecule has 0 fully saturated rings. The predicted octanol–water partition coefficient (Wildman–Crippen LogP) is 6.55. The maximum Gasteiger partial charge on any atom is 0.259 e. The molecule has 0 aliphatic carbocycles. The lowest BCUT2D eigenvalue weighted by molar-refractivity contribution is 0.102. The van der Waals surface area contributed by atoms with E-state index in [1.807, 2.05) is 35.0 Å². The molecule has 26 heavy (non-hydrogen) atoms. The van der Waals surface area contributed by atoms with E-state index >= 15 is 0 Å². The van der Waals surface area contributed by atoms with Gasteiger partial charge in [0, 0.05) is 11.1 Å². The lowest BCUT2D eigenvalue weighted by atomic mass is 10.2. The first-order valence-electron chi connectivity index (χ1n) is 7.33. The number of halogens is 2. The van der Waals surface area contributed by atoms with Crippen LogP contribution in [-0.4, -0.2) is 15.9 Å². The van der Waals surface area contributed by atoms with E-state index in [-0.39, 0.29) is 16.1 Å². The van der Waals surface area contributed by atoms with Crippen LogP contribution in [-0.2, 0) is 0 Å². The Labute approximate surface area is 171 Å². The summed E-state index contributed by atoms with van der Waals surface area (Å²) in [7, 11) is 0. The zero-order valence-electron chi connectivity index (χ0n) is 12.9. The summed E-state index contributed by atoms with van der Waals surface area (Å²) in [5.41, 5.74) is 1.19. The Morgan fingerprint density at radius 1 is 1.08 bits per heavy atom. The van der Waals surface area contributed by atoms with Gasteiger partial charge in [0.05, 0.1) is 20.3 Å². The molecule has 0 atom stereocenters. The molecule has 0 radical (unpaired) electrons. The number of hydrogen-bond acceptors (Lipinski definition) is 6. The monoisotopic (exact) mass is 437 g/mol. The maximum atomic E-state index is 12.5. The van der Waals surface area contributed by atoms with Gasteiger partial charge in [-0.15, -0.1) is 22.7 Å². The first-order chi connectivity index (χ1) is 12.6. The highest BCUT2D eigenvalue weighted by atomic mass is 35.5. The van der Waals surface area contributed by atoms with E-state index in [0.717, 1.165) is 20.3 Å². The Bertz CT molecular complexity index is 1010. The van der Waals surface area contributed by atoms with E-state index in [0.29, 0.717) is 10.7 Å². The Hall–Kier alpha value is -1.77. The molecule has 4 aromatic heterocycles. The zero-order valence-corrected chi connectivity index (χ0v) is 16.9. The highest BCUT2D eigenvalue weighted by Crippen LogP contribution is 2.42. The minimum Gasteiger partial charge on any atom is -0.298 e. The molecule has 0 bridgehead atoms. The van der Waals surface area contributed by atoms with Gasteiger partial charge in [-0.05, 0) is 29.0 Å². The molecule has 1 N–H and O–H groups in total. The average molecular weight is 438 g/mol. The molecule has 0 unspecified atom stereocenters. The smallest absolute Gasteiger partial charge is 0.259 e. The van der Waals surface area contributed by atoms with Gasteiger partial charge >= 0.3 is 0 Å². The number of nitrogens with one attached hydrogen (secondary N) is 1. The highest BCUT2D eigenvalue weighted by Gasteiger charge is 2.18. The quantitative estimate of drug-likeness (QED) is 0.368. The van der Waals surface area contributed by atoms with Crippen LogP contribution < -0.4 is 5.32 Å². The third-order valence-corrected chi connectivity index (χ3v) is 6.99. The van der Waals surface area contributed by atoms with Gasteiger partial charge in [-0.25, -0.2) is 9.97 Å². The molecule has 0 aliphatic rings. The van der Waals surface area contributed by atoms with Crippen LogP contribution in [0.15, 0.2) is 47.3 Å². The van der Waals surface area contributed by atoms with E-state index in [9.17, 15) is 4.79 Å². The summed E-state index contributed by atoms with van der Waals surface area (Å²) >= 11 is 16.4. The normalized spacial score (nSPS) is 10.8. The van der Waals surface area contributed by atoms with Gasteiger partial charge in [0.2, 0.25) is 0 Å². The van der Waals surface area contributed by atoms with Crippen molar-refractivity contribution in [1.29, 1.82) is 0 Å². The third-order valence-electron chi connectivity index (χ3n) is 3.41. The minimum absolute atomic E-state index is 0.164. The third kappa shape index (κ3) is 3.54. The summed E-state index contributed by atoms with van der Waals surface area (Å²) < 4.78 is 0. The van der Waals surface area contributed by atoms with E-state index < -0.39 is 0 Å². The number of carbonyl (C=O) groups is 1. The van der Waals surface area contributed by atoms with Crippen molar-refractivity contribution in [2.45, 2.75) is 0 Å². The number of anilines is 1. The van der Waals surface area contributed by atoms with Crippen molar-refractivity contribution >= 4 is 68.3 Å². The Morgan fingerprint density at radius 2 is 1.81 bits per heavy atom. The number of aromatic nitrogens is 2. The largest absolute Gasteiger partial charge is 0.298 e. The fourth-order valence-electron chi connectivity index (χ4n) is 2.24. The van der Waals surface area contributed by atoms with Gasteiger partial charge in [-0.2, -0.15) is 0 Å². The molecule has 4 rings (SSSR count). The summed E-state index contributed by atoms with van der Waals surface area (Å²) in [6.45, 7) is 0. The minimum atomic E-state index is -0.333. The van der Waals surface area contributed by atoms with Crippen LogP contribution in [0.3, 0.4) is 0 Å². The number of nitrogens with zero attached hydrogens (tertiary/aromatic N) is 2. The van der Waals surface area contributed by atoms with Crippen molar-refractivity contribution in [1.82, 2.24) is 9.97 Å². The van der Waals surface area contributed by atoms with Crippen molar-refractivity contribution in [2.24, 2.45) is 0 Å². The standard InChI is InChI=1S/C17H9Cl2N3OS3/c18-10-7-9(8-20-15(10)19)16(23)22-17-21-13(11-3-1-5-24-11)14(26-17)12-4-2-6-25-12/h1-8H,(H,21,22,23). The second kappa shape index (κ2) is 7.46. The first-order valence-corrected chi connectivity index (χ1v) is 10.7. The maximum absolute atomic E-state index is 12.5. The van der Waals surface area contributed by atoms with Crippen molar-refractivity contribution < 1.29 is 4.79 Å². The Kier molecular flexibility index (Phi) is 5.06. The highest BCUT2D eigenvalue weighted by molar-refractivity contribution is 7.24. The molecule has 9 heteroatoms. The van der Waals surface area contributed by atoms with Crippen LogP contribution in [0.1, 0.15) is 10.4 Å². The van der Waals surface area contributed by atoms with E-state index in [1.165, 1.54) is 23.6 Å². The molecule has 0 spiro atoms. The molecule has 130 valence electrons. The van der Waals surface area contributed by atoms with Gasteiger partial charge in [0.25, 0.3) is 5.91 Å². The topological polar surface area (TPSA) is 54.9 Å². The fraction of sp³-hybridized carbons (Fsp3) is 0. The number of thiophene rings is 2. The number of carbonyl (C=O) groups excluding carboxylic acids is 1. The van der Waals surface area contributed by atoms with Crippen LogP contribution in [0.25, 0.3) is 20.3 Å². The van der Waals surface area contributed by atoms with Crippen LogP contribution in [0, 0.1) is 0 Å². The average Bonchev–Trinajstić information content (AvgIpc) is 3.37. The van der Waals surface area contributed by atoms with Crippen molar-refractivity contribution in [2.75, 3.05) is 5.32 Å². The zero-order chi connectivity index (χ0) is 18.1. The molecule has 4 heterocycles. The van der Waals surface area contributed by atoms with Crippen molar-refractivity contribution in [3.8, 4) is 20.3 Å². The molecular weight excluding hydrogens is 429 g/mol. The SMILES string of the molecule is O=C(Nc1nc(-c2cccs2)c(-c2cccs2)s1)c1cnc(Cl)c(Cl)c1. The molecule has 0 saturated heterocycles. The molecule has 0 aliphatic heterocycles. The molecule has 0 saturated carbocycles. The number of hydrogen-bond donors (Lipinski definition) is 1. The first kappa shape index (κ1) is 17.6. The molecule has 0 aromatic carbocycles. The fourth-order valence-corrected chi connectivity index (χ4v) is 5.13. The molecule has 1 amide bonds. The number of rotatable bonds is 4. The van der Waals surface area contributed by atoms with Crippen LogP contribution in [0.4, 0.5) is 5.13 Å². The molecule has 4 aromatic rings. The van der Waals surface area contributed by atoms with Crippen molar-refractivity contribution in [3.05, 3.63) is 63.0 Å². The lowest BCUT2D eigenvalue weighted by Crippen LogP contribution is -2.12. The van der Waals surface area contributed by atoms with E-state index in [4.69, 9.17) is 23.2 Å². The van der Waals surface area contributed by atoms with Crippen LogP contribution >= 0.6 is 57.2 Å². The Balaban J connectivity index is 1.68.